The van der Waals surface area contributed by atoms with Gasteiger partial charge in [0.1, 0.15) is 6.07 Å². The van der Waals surface area contributed by atoms with E-state index in [1.807, 2.05) is 0 Å². The summed E-state index contributed by atoms with van der Waals surface area (Å²) in [5, 5.41) is 20.9. The number of benzene rings is 1. The Morgan fingerprint density at radius 3 is 2.50 bits per heavy atom. The van der Waals surface area contributed by atoms with Crippen LogP contribution >= 0.6 is 0 Å². The zero-order valence-corrected chi connectivity index (χ0v) is 16.0. The lowest BCUT2D eigenvalue weighted by molar-refractivity contribution is 0.00811. The van der Waals surface area contributed by atoms with Gasteiger partial charge in [0.15, 0.2) is 11.5 Å². The van der Waals surface area contributed by atoms with Gasteiger partial charge >= 0.3 is 0 Å². The van der Waals surface area contributed by atoms with Crippen molar-refractivity contribution in [2.75, 3.05) is 31.1 Å². The van der Waals surface area contributed by atoms with Gasteiger partial charge in [-0.25, -0.2) is 9.97 Å². The third-order valence-corrected chi connectivity index (χ3v) is 6.96. The second-order valence-electron chi connectivity index (χ2n) is 8.20. The molecule has 5 rings (SSSR count). The standard InChI is InChI=1S/C22H25N5O/c23-15-18-21(25-10-9-24-18)27-13-7-22(8-14-27)17-6-2-1-5-16(17)19(20(22)28)26-11-3-4-12-26/h1-2,5-6,9-10,19-20,28H,3-4,7-8,11-14H2/t19-,20+/m1/s1. The lowest BCUT2D eigenvalue weighted by atomic mass is 9.72. The van der Waals surface area contributed by atoms with Gasteiger partial charge in [-0.2, -0.15) is 5.26 Å². The molecule has 0 radical (unpaired) electrons. The molecule has 144 valence electrons. The summed E-state index contributed by atoms with van der Waals surface area (Å²) in [7, 11) is 0. The van der Waals surface area contributed by atoms with Gasteiger partial charge in [-0.05, 0) is 49.9 Å². The lowest BCUT2D eigenvalue weighted by Crippen LogP contribution is -2.50. The van der Waals surface area contributed by atoms with Crippen molar-refractivity contribution >= 4 is 5.82 Å². The monoisotopic (exact) mass is 375 g/mol. The summed E-state index contributed by atoms with van der Waals surface area (Å²) in [4.78, 5) is 13.2. The van der Waals surface area contributed by atoms with Gasteiger partial charge in [0.2, 0.25) is 0 Å². The summed E-state index contributed by atoms with van der Waals surface area (Å²) in [6, 6.07) is 10.9. The fraction of sp³-hybridized carbons (Fsp3) is 0.500. The van der Waals surface area contributed by atoms with Gasteiger partial charge in [-0.1, -0.05) is 24.3 Å². The number of nitrogens with zero attached hydrogens (tertiary/aromatic N) is 5. The highest BCUT2D eigenvalue weighted by molar-refractivity contribution is 5.52. The average molecular weight is 375 g/mol. The van der Waals surface area contributed by atoms with Crippen molar-refractivity contribution in [2.24, 2.45) is 0 Å². The number of piperidine rings is 1. The molecule has 0 saturated carbocycles. The summed E-state index contributed by atoms with van der Waals surface area (Å²) >= 11 is 0. The SMILES string of the molecule is N#Cc1nccnc1N1CCC2(CC1)c1ccccc1[C@@H](N1CCCC1)[C@@H]2O. The molecule has 0 amide bonds. The van der Waals surface area contributed by atoms with Crippen LogP contribution in [0.15, 0.2) is 36.7 Å². The quantitative estimate of drug-likeness (QED) is 0.869. The Kier molecular flexibility index (Phi) is 4.30. The van der Waals surface area contributed by atoms with Crippen molar-refractivity contribution in [3.63, 3.8) is 0 Å². The Morgan fingerprint density at radius 2 is 1.75 bits per heavy atom. The van der Waals surface area contributed by atoms with Crippen LogP contribution in [0.2, 0.25) is 0 Å². The van der Waals surface area contributed by atoms with Crippen molar-refractivity contribution in [1.29, 1.82) is 5.26 Å². The lowest BCUT2D eigenvalue weighted by Gasteiger charge is -2.44. The van der Waals surface area contributed by atoms with Crippen molar-refractivity contribution < 1.29 is 5.11 Å². The van der Waals surface area contributed by atoms with Crippen molar-refractivity contribution in [3.8, 4) is 6.07 Å². The van der Waals surface area contributed by atoms with E-state index in [-0.39, 0.29) is 17.6 Å². The van der Waals surface area contributed by atoms with Crippen LogP contribution in [0.1, 0.15) is 48.5 Å². The van der Waals surface area contributed by atoms with E-state index in [4.69, 9.17) is 0 Å². The van der Waals surface area contributed by atoms with Crippen LogP contribution in [-0.4, -0.2) is 52.3 Å². The normalized spacial score (nSPS) is 26.4. The highest BCUT2D eigenvalue weighted by atomic mass is 16.3. The van der Waals surface area contributed by atoms with E-state index in [1.54, 1.807) is 12.4 Å². The second kappa shape index (κ2) is 6.84. The molecule has 1 spiro atoms. The Bertz CT molecular complexity index is 909. The van der Waals surface area contributed by atoms with Crippen LogP contribution in [0.25, 0.3) is 0 Å². The predicted octanol–water partition coefficient (Wildman–Crippen LogP) is 2.40. The first-order valence-corrected chi connectivity index (χ1v) is 10.2. The van der Waals surface area contributed by atoms with Gasteiger partial charge in [0.05, 0.1) is 12.1 Å². The van der Waals surface area contributed by atoms with E-state index in [0.717, 1.165) is 39.0 Å². The third-order valence-electron chi connectivity index (χ3n) is 6.96. The molecule has 1 N–H and O–H groups in total. The number of aliphatic hydroxyl groups is 1. The number of hydrogen-bond acceptors (Lipinski definition) is 6. The number of likely N-dealkylation sites (tertiary alicyclic amines) is 1. The van der Waals surface area contributed by atoms with E-state index < -0.39 is 0 Å². The Hall–Kier alpha value is -2.49. The van der Waals surface area contributed by atoms with Crippen molar-refractivity contribution in [3.05, 3.63) is 53.5 Å². The fourth-order valence-electron chi connectivity index (χ4n) is 5.58. The molecule has 6 nitrogen and oxygen atoms in total. The highest BCUT2D eigenvalue weighted by Gasteiger charge is 2.54. The number of hydrogen-bond donors (Lipinski definition) is 1. The first-order chi connectivity index (χ1) is 13.7. The number of nitriles is 1. The molecule has 0 bridgehead atoms. The second-order valence-corrected chi connectivity index (χ2v) is 8.20. The van der Waals surface area contributed by atoms with Gasteiger partial charge in [-0.15, -0.1) is 0 Å². The highest BCUT2D eigenvalue weighted by Crippen LogP contribution is 2.53. The molecule has 3 heterocycles. The van der Waals surface area contributed by atoms with Crippen molar-refractivity contribution in [2.45, 2.75) is 43.2 Å². The first kappa shape index (κ1) is 17.6. The molecule has 3 aliphatic rings. The minimum Gasteiger partial charge on any atom is -0.390 e. The van der Waals surface area contributed by atoms with Gasteiger partial charge in [0, 0.05) is 30.9 Å². The third kappa shape index (κ3) is 2.54. The maximum absolute atomic E-state index is 11.6. The maximum atomic E-state index is 11.6. The minimum absolute atomic E-state index is 0.108. The zero-order chi connectivity index (χ0) is 19.1. The smallest absolute Gasteiger partial charge is 0.183 e. The first-order valence-electron chi connectivity index (χ1n) is 10.2. The van der Waals surface area contributed by atoms with Crippen molar-refractivity contribution in [1.82, 2.24) is 14.9 Å². The molecular formula is C22H25N5O. The summed E-state index contributed by atoms with van der Waals surface area (Å²) < 4.78 is 0. The number of anilines is 1. The maximum Gasteiger partial charge on any atom is 0.183 e. The molecule has 2 saturated heterocycles. The summed E-state index contributed by atoms with van der Waals surface area (Å²) in [5.41, 5.74) is 2.79. The van der Waals surface area contributed by atoms with Crippen LogP contribution in [0.5, 0.6) is 0 Å². The van der Waals surface area contributed by atoms with Crippen LogP contribution in [0, 0.1) is 11.3 Å². The van der Waals surface area contributed by atoms with Crippen LogP contribution in [0.4, 0.5) is 5.82 Å². The number of aliphatic hydroxyl groups excluding tert-OH is 1. The molecule has 2 aliphatic heterocycles. The molecule has 2 atom stereocenters. The van der Waals surface area contributed by atoms with E-state index in [0.29, 0.717) is 11.5 Å². The van der Waals surface area contributed by atoms with Gasteiger partial charge in [0.25, 0.3) is 0 Å². The molecule has 2 fully saturated rings. The molecule has 1 aliphatic carbocycles. The Balaban J connectivity index is 1.46. The predicted molar refractivity (Wildman–Crippen MR) is 106 cm³/mol. The summed E-state index contributed by atoms with van der Waals surface area (Å²) in [5.74, 6) is 0.664. The molecule has 6 heteroatoms. The fourth-order valence-corrected chi connectivity index (χ4v) is 5.58. The van der Waals surface area contributed by atoms with Gasteiger partial charge in [-0.3, -0.25) is 4.90 Å². The summed E-state index contributed by atoms with van der Waals surface area (Å²) in [6.45, 7) is 3.68. The Labute approximate surface area is 165 Å². The minimum atomic E-state index is -0.387. The topological polar surface area (TPSA) is 76.3 Å². The van der Waals surface area contributed by atoms with E-state index in [1.165, 1.54) is 24.0 Å². The molecular weight excluding hydrogens is 350 g/mol. The van der Waals surface area contributed by atoms with Gasteiger partial charge < -0.3 is 10.0 Å². The number of rotatable bonds is 2. The van der Waals surface area contributed by atoms with E-state index in [2.05, 4.69) is 50.1 Å². The molecule has 2 aromatic rings. The van der Waals surface area contributed by atoms with Crippen LogP contribution < -0.4 is 4.90 Å². The van der Waals surface area contributed by atoms with E-state index >= 15 is 0 Å². The summed E-state index contributed by atoms with van der Waals surface area (Å²) in [6.07, 6.45) is 6.97. The zero-order valence-electron chi connectivity index (χ0n) is 16.0. The largest absolute Gasteiger partial charge is 0.390 e. The molecule has 0 unspecified atom stereocenters. The van der Waals surface area contributed by atoms with Crippen LogP contribution in [0.3, 0.4) is 0 Å². The molecule has 1 aromatic carbocycles. The number of aromatic nitrogens is 2. The van der Waals surface area contributed by atoms with E-state index in [9.17, 15) is 10.4 Å². The average Bonchev–Trinajstić information content (AvgIpc) is 3.35. The Morgan fingerprint density at radius 1 is 1.04 bits per heavy atom. The molecule has 28 heavy (non-hydrogen) atoms. The molecule has 1 aromatic heterocycles. The van der Waals surface area contributed by atoms with Crippen LogP contribution in [-0.2, 0) is 5.41 Å². The number of fused-ring (bicyclic) bond motifs is 2.